The zero-order valence-corrected chi connectivity index (χ0v) is 12.3. The molecule has 1 aliphatic rings. The normalized spacial score (nSPS) is 21.2. The average molecular weight is 260 g/mol. The lowest BCUT2D eigenvalue weighted by molar-refractivity contribution is -0.114. The molecule has 0 heterocycles. The van der Waals surface area contributed by atoms with Crippen molar-refractivity contribution in [2.24, 2.45) is 5.41 Å². The highest BCUT2D eigenvalue weighted by Gasteiger charge is 2.30. The topological polar surface area (TPSA) is 41.1 Å². The van der Waals surface area contributed by atoms with Crippen molar-refractivity contribution in [3.63, 3.8) is 0 Å². The SMILES string of the molecule is CC(=O)Nc1ccc(NC2CCC(C)(C)C2)cc1C. The summed E-state index contributed by atoms with van der Waals surface area (Å²) in [7, 11) is 0. The lowest BCUT2D eigenvalue weighted by Gasteiger charge is -2.19. The molecule has 3 nitrogen and oxygen atoms in total. The Hall–Kier alpha value is -1.51. The summed E-state index contributed by atoms with van der Waals surface area (Å²) in [5, 5.41) is 6.45. The molecule has 0 bridgehead atoms. The van der Waals surface area contributed by atoms with E-state index >= 15 is 0 Å². The van der Waals surface area contributed by atoms with Crippen LogP contribution in [0, 0.1) is 12.3 Å². The number of carbonyl (C=O) groups excluding carboxylic acids is 1. The van der Waals surface area contributed by atoms with Crippen molar-refractivity contribution in [1.29, 1.82) is 0 Å². The predicted octanol–water partition coefficient (Wildman–Crippen LogP) is 3.94. The van der Waals surface area contributed by atoms with Gasteiger partial charge in [0.1, 0.15) is 0 Å². The van der Waals surface area contributed by atoms with E-state index in [2.05, 4.69) is 30.5 Å². The van der Waals surface area contributed by atoms with Crippen LogP contribution in [0.2, 0.25) is 0 Å². The molecule has 0 radical (unpaired) electrons. The average Bonchev–Trinajstić information content (AvgIpc) is 2.61. The van der Waals surface area contributed by atoms with Crippen LogP contribution in [0.5, 0.6) is 0 Å². The number of amides is 1. The van der Waals surface area contributed by atoms with E-state index < -0.39 is 0 Å². The zero-order valence-electron chi connectivity index (χ0n) is 12.3. The fourth-order valence-electron chi connectivity index (χ4n) is 2.88. The molecule has 1 aliphatic carbocycles. The minimum atomic E-state index is -0.0265. The Kier molecular flexibility index (Phi) is 3.83. The molecular weight excluding hydrogens is 236 g/mol. The van der Waals surface area contributed by atoms with Crippen LogP contribution in [-0.4, -0.2) is 11.9 Å². The van der Waals surface area contributed by atoms with Crippen molar-refractivity contribution in [3.8, 4) is 0 Å². The lowest BCUT2D eigenvalue weighted by atomic mass is 9.92. The third-order valence-corrected chi connectivity index (χ3v) is 3.88. The van der Waals surface area contributed by atoms with E-state index in [1.165, 1.54) is 26.2 Å². The van der Waals surface area contributed by atoms with Gasteiger partial charge < -0.3 is 10.6 Å². The van der Waals surface area contributed by atoms with Crippen LogP contribution in [0.4, 0.5) is 11.4 Å². The third kappa shape index (κ3) is 3.72. The van der Waals surface area contributed by atoms with Gasteiger partial charge in [0, 0.05) is 24.3 Å². The van der Waals surface area contributed by atoms with Gasteiger partial charge in [-0.05, 0) is 55.4 Å². The van der Waals surface area contributed by atoms with Gasteiger partial charge in [0.05, 0.1) is 0 Å². The van der Waals surface area contributed by atoms with E-state index in [0.29, 0.717) is 11.5 Å². The molecular formula is C16H24N2O. The van der Waals surface area contributed by atoms with Gasteiger partial charge in [0.15, 0.2) is 0 Å². The van der Waals surface area contributed by atoms with Gasteiger partial charge in [-0.1, -0.05) is 13.8 Å². The zero-order chi connectivity index (χ0) is 14.0. The van der Waals surface area contributed by atoms with Crippen molar-refractivity contribution in [3.05, 3.63) is 23.8 Å². The molecule has 3 heteroatoms. The lowest BCUT2D eigenvalue weighted by Crippen LogP contribution is -2.17. The first-order valence-corrected chi connectivity index (χ1v) is 7.00. The fraction of sp³-hybridized carbons (Fsp3) is 0.562. The molecule has 2 rings (SSSR count). The first-order valence-electron chi connectivity index (χ1n) is 7.00. The van der Waals surface area contributed by atoms with E-state index in [4.69, 9.17) is 0 Å². The van der Waals surface area contributed by atoms with Crippen LogP contribution >= 0.6 is 0 Å². The summed E-state index contributed by atoms with van der Waals surface area (Å²) in [6.45, 7) is 8.22. The van der Waals surface area contributed by atoms with Gasteiger partial charge in [-0.25, -0.2) is 0 Å². The molecule has 1 aromatic rings. The highest BCUT2D eigenvalue weighted by molar-refractivity contribution is 5.89. The number of rotatable bonds is 3. The highest BCUT2D eigenvalue weighted by atomic mass is 16.1. The number of aryl methyl sites for hydroxylation is 1. The number of carbonyl (C=O) groups is 1. The van der Waals surface area contributed by atoms with Gasteiger partial charge in [0.25, 0.3) is 0 Å². The maximum absolute atomic E-state index is 11.1. The summed E-state index contributed by atoms with van der Waals surface area (Å²) in [6.07, 6.45) is 3.74. The standard InChI is InChI=1S/C16H24N2O/c1-11-9-13(5-6-15(11)17-12(2)19)18-14-7-8-16(3,4)10-14/h5-6,9,14,18H,7-8,10H2,1-4H3,(H,17,19). The van der Waals surface area contributed by atoms with Crippen LogP contribution < -0.4 is 10.6 Å². The smallest absolute Gasteiger partial charge is 0.221 e. The molecule has 2 N–H and O–H groups in total. The van der Waals surface area contributed by atoms with Crippen molar-refractivity contribution < 1.29 is 4.79 Å². The van der Waals surface area contributed by atoms with Gasteiger partial charge in [-0.15, -0.1) is 0 Å². The fourth-order valence-corrected chi connectivity index (χ4v) is 2.88. The second-order valence-corrected chi connectivity index (χ2v) is 6.46. The number of anilines is 2. The maximum Gasteiger partial charge on any atom is 0.221 e. The van der Waals surface area contributed by atoms with E-state index in [-0.39, 0.29) is 5.91 Å². The minimum Gasteiger partial charge on any atom is -0.382 e. The third-order valence-electron chi connectivity index (χ3n) is 3.88. The molecule has 1 aromatic carbocycles. The minimum absolute atomic E-state index is 0.0265. The highest BCUT2D eigenvalue weighted by Crippen LogP contribution is 2.38. The molecule has 1 fully saturated rings. The quantitative estimate of drug-likeness (QED) is 0.864. The number of hydrogen-bond donors (Lipinski definition) is 2. The van der Waals surface area contributed by atoms with Crippen molar-refractivity contribution in [2.45, 2.75) is 53.0 Å². The number of nitrogens with one attached hydrogen (secondary N) is 2. The monoisotopic (exact) mass is 260 g/mol. The Bertz CT molecular complexity index is 480. The maximum atomic E-state index is 11.1. The Morgan fingerprint density at radius 3 is 2.63 bits per heavy atom. The first-order chi connectivity index (χ1) is 8.85. The van der Waals surface area contributed by atoms with E-state index in [9.17, 15) is 4.79 Å². The summed E-state index contributed by atoms with van der Waals surface area (Å²) >= 11 is 0. The van der Waals surface area contributed by atoms with Crippen LogP contribution in [-0.2, 0) is 4.79 Å². The van der Waals surface area contributed by atoms with E-state index in [0.717, 1.165) is 16.9 Å². The van der Waals surface area contributed by atoms with Crippen molar-refractivity contribution in [1.82, 2.24) is 0 Å². The predicted molar refractivity (Wildman–Crippen MR) is 80.5 cm³/mol. The number of hydrogen-bond acceptors (Lipinski definition) is 2. The van der Waals surface area contributed by atoms with Gasteiger partial charge in [-0.3, -0.25) is 4.79 Å². The molecule has 19 heavy (non-hydrogen) atoms. The Morgan fingerprint density at radius 1 is 1.37 bits per heavy atom. The van der Waals surface area contributed by atoms with Crippen LogP contribution in [0.25, 0.3) is 0 Å². The molecule has 1 amide bonds. The van der Waals surface area contributed by atoms with Gasteiger partial charge >= 0.3 is 0 Å². The molecule has 104 valence electrons. The second-order valence-electron chi connectivity index (χ2n) is 6.46. The first kappa shape index (κ1) is 13.9. The molecule has 0 aliphatic heterocycles. The molecule has 0 saturated heterocycles. The molecule has 1 saturated carbocycles. The summed E-state index contributed by atoms with van der Waals surface area (Å²) in [6, 6.07) is 6.69. The largest absolute Gasteiger partial charge is 0.382 e. The summed E-state index contributed by atoms with van der Waals surface area (Å²) in [5.41, 5.74) is 3.60. The molecule has 1 unspecified atom stereocenters. The second kappa shape index (κ2) is 5.24. The van der Waals surface area contributed by atoms with Crippen LogP contribution in [0.3, 0.4) is 0 Å². The molecule has 0 aromatic heterocycles. The van der Waals surface area contributed by atoms with E-state index in [1.807, 2.05) is 19.1 Å². The molecule has 0 spiro atoms. The van der Waals surface area contributed by atoms with Gasteiger partial charge in [0.2, 0.25) is 5.91 Å². The Balaban J connectivity index is 2.02. The van der Waals surface area contributed by atoms with Crippen molar-refractivity contribution >= 4 is 17.3 Å². The summed E-state index contributed by atoms with van der Waals surface area (Å²) in [5.74, 6) is -0.0265. The number of benzene rings is 1. The Morgan fingerprint density at radius 2 is 2.11 bits per heavy atom. The van der Waals surface area contributed by atoms with Crippen LogP contribution in [0.15, 0.2) is 18.2 Å². The Labute approximate surface area is 115 Å². The van der Waals surface area contributed by atoms with E-state index in [1.54, 1.807) is 0 Å². The van der Waals surface area contributed by atoms with Crippen molar-refractivity contribution in [2.75, 3.05) is 10.6 Å². The van der Waals surface area contributed by atoms with Crippen LogP contribution in [0.1, 0.15) is 45.6 Å². The summed E-state index contributed by atoms with van der Waals surface area (Å²) in [4.78, 5) is 11.1. The molecule has 1 atom stereocenters. The summed E-state index contributed by atoms with van der Waals surface area (Å²) < 4.78 is 0. The van der Waals surface area contributed by atoms with Gasteiger partial charge in [-0.2, -0.15) is 0 Å².